The Morgan fingerprint density at radius 3 is 2.29 bits per heavy atom. The van der Waals surface area contributed by atoms with Crippen LogP contribution in [0.25, 0.3) is 0 Å². The van der Waals surface area contributed by atoms with E-state index >= 15 is 0 Å². The van der Waals surface area contributed by atoms with Crippen molar-refractivity contribution < 1.29 is 19.4 Å². The van der Waals surface area contributed by atoms with Gasteiger partial charge in [0.2, 0.25) is 5.91 Å². The molecule has 1 N–H and O–H groups in total. The van der Waals surface area contributed by atoms with Crippen molar-refractivity contribution in [2.75, 3.05) is 19.8 Å². The molecule has 0 aliphatic heterocycles. The van der Waals surface area contributed by atoms with Gasteiger partial charge in [0, 0.05) is 25.2 Å². The summed E-state index contributed by atoms with van der Waals surface area (Å²) in [4.78, 5) is 24.0. The largest absolute Gasteiger partial charge is 0.480 e. The molecule has 0 fully saturated rings. The number of rotatable bonds is 7. The van der Waals surface area contributed by atoms with Crippen molar-refractivity contribution in [1.82, 2.24) is 4.90 Å². The standard InChI is InChI=1S/C12H23NO4/c1-5-17-8-6-7-10(14)13(9-11(15)16)12(2,3)4/h5-9H2,1-4H3,(H,15,16). The van der Waals surface area contributed by atoms with Crippen LogP contribution in [0.2, 0.25) is 0 Å². The van der Waals surface area contributed by atoms with Crippen molar-refractivity contribution in [2.45, 2.75) is 46.1 Å². The third-order valence-electron chi connectivity index (χ3n) is 2.29. The second kappa shape index (κ2) is 7.27. The first-order chi connectivity index (χ1) is 7.79. The quantitative estimate of drug-likeness (QED) is 0.690. The average Bonchev–Trinajstić information content (AvgIpc) is 2.19. The summed E-state index contributed by atoms with van der Waals surface area (Å²) in [7, 11) is 0. The Hall–Kier alpha value is -1.10. The monoisotopic (exact) mass is 245 g/mol. The fourth-order valence-electron chi connectivity index (χ4n) is 1.44. The summed E-state index contributed by atoms with van der Waals surface area (Å²) in [6, 6.07) is 0. The lowest BCUT2D eigenvalue weighted by molar-refractivity contribution is -0.148. The van der Waals surface area contributed by atoms with Crippen molar-refractivity contribution in [3.63, 3.8) is 0 Å². The van der Waals surface area contributed by atoms with E-state index in [2.05, 4.69) is 0 Å². The minimum atomic E-state index is -0.988. The molecule has 0 rings (SSSR count). The van der Waals surface area contributed by atoms with Gasteiger partial charge in [0.25, 0.3) is 0 Å². The van der Waals surface area contributed by atoms with Gasteiger partial charge in [0.1, 0.15) is 6.54 Å². The summed E-state index contributed by atoms with van der Waals surface area (Å²) in [5.41, 5.74) is -0.471. The second-order valence-electron chi connectivity index (χ2n) is 4.84. The number of carbonyl (C=O) groups is 2. The van der Waals surface area contributed by atoms with Gasteiger partial charge < -0.3 is 14.7 Å². The zero-order valence-electron chi connectivity index (χ0n) is 11.2. The molecule has 0 aromatic heterocycles. The fraction of sp³-hybridized carbons (Fsp3) is 0.833. The maximum atomic E-state index is 11.9. The molecule has 0 unspecified atom stereocenters. The molecule has 100 valence electrons. The molecule has 0 spiro atoms. The Balaban J connectivity index is 4.29. The minimum absolute atomic E-state index is 0.139. The van der Waals surface area contributed by atoms with E-state index in [0.717, 1.165) is 0 Å². The van der Waals surface area contributed by atoms with Crippen LogP contribution in [0, 0.1) is 0 Å². The topological polar surface area (TPSA) is 66.8 Å². The SMILES string of the molecule is CCOCCCC(=O)N(CC(=O)O)C(C)(C)C. The molecule has 0 bridgehead atoms. The molecular formula is C12H23NO4. The molecular weight excluding hydrogens is 222 g/mol. The normalized spacial score (nSPS) is 11.3. The number of ether oxygens (including phenoxy) is 1. The first-order valence-electron chi connectivity index (χ1n) is 5.89. The third kappa shape index (κ3) is 6.94. The molecule has 5 heteroatoms. The van der Waals surface area contributed by atoms with E-state index in [9.17, 15) is 9.59 Å². The maximum Gasteiger partial charge on any atom is 0.323 e. The second-order valence-corrected chi connectivity index (χ2v) is 4.84. The van der Waals surface area contributed by atoms with Crippen molar-refractivity contribution in [3.8, 4) is 0 Å². The van der Waals surface area contributed by atoms with Gasteiger partial charge in [-0.1, -0.05) is 0 Å². The molecule has 1 amide bonds. The summed E-state index contributed by atoms with van der Waals surface area (Å²) in [5.74, 6) is -1.13. The number of carboxylic acids is 1. The highest BCUT2D eigenvalue weighted by Crippen LogP contribution is 2.15. The van der Waals surface area contributed by atoms with E-state index in [0.29, 0.717) is 26.1 Å². The highest BCUT2D eigenvalue weighted by Gasteiger charge is 2.27. The smallest absolute Gasteiger partial charge is 0.323 e. The average molecular weight is 245 g/mol. The van der Waals surface area contributed by atoms with Gasteiger partial charge in [-0.15, -0.1) is 0 Å². The first kappa shape index (κ1) is 15.9. The summed E-state index contributed by atoms with van der Waals surface area (Å²) in [6.45, 7) is 8.30. The maximum absolute atomic E-state index is 11.9. The van der Waals surface area contributed by atoms with Crippen LogP contribution in [0.5, 0.6) is 0 Å². The number of carbonyl (C=O) groups excluding carboxylic acids is 1. The fourth-order valence-corrected chi connectivity index (χ4v) is 1.44. The van der Waals surface area contributed by atoms with Crippen molar-refractivity contribution in [2.24, 2.45) is 0 Å². The molecule has 0 aliphatic carbocycles. The molecule has 5 nitrogen and oxygen atoms in total. The van der Waals surface area contributed by atoms with E-state index in [1.165, 1.54) is 4.90 Å². The van der Waals surface area contributed by atoms with E-state index in [4.69, 9.17) is 9.84 Å². The first-order valence-corrected chi connectivity index (χ1v) is 5.89. The molecule has 0 radical (unpaired) electrons. The highest BCUT2D eigenvalue weighted by atomic mass is 16.5. The Labute approximate surface area is 103 Å². The van der Waals surface area contributed by atoms with E-state index < -0.39 is 11.5 Å². The van der Waals surface area contributed by atoms with Crippen LogP contribution in [0.4, 0.5) is 0 Å². The van der Waals surface area contributed by atoms with Gasteiger partial charge >= 0.3 is 5.97 Å². The molecule has 0 atom stereocenters. The van der Waals surface area contributed by atoms with Gasteiger partial charge in [-0.3, -0.25) is 9.59 Å². The zero-order valence-corrected chi connectivity index (χ0v) is 11.2. The van der Waals surface area contributed by atoms with Gasteiger partial charge in [-0.25, -0.2) is 0 Å². The summed E-state index contributed by atoms with van der Waals surface area (Å²) in [5, 5.41) is 8.79. The van der Waals surface area contributed by atoms with Crippen LogP contribution in [0.15, 0.2) is 0 Å². The Bertz CT molecular complexity index is 258. The predicted molar refractivity (Wildman–Crippen MR) is 64.8 cm³/mol. The van der Waals surface area contributed by atoms with Crippen LogP contribution in [0.1, 0.15) is 40.5 Å². The van der Waals surface area contributed by atoms with Crippen LogP contribution in [-0.2, 0) is 14.3 Å². The molecule has 0 heterocycles. The lowest BCUT2D eigenvalue weighted by Gasteiger charge is -2.34. The number of amides is 1. The Kier molecular flexibility index (Phi) is 6.80. The van der Waals surface area contributed by atoms with E-state index in [1.807, 2.05) is 27.7 Å². The molecule has 0 saturated heterocycles. The van der Waals surface area contributed by atoms with Crippen LogP contribution < -0.4 is 0 Å². The van der Waals surface area contributed by atoms with E-state index in [-0.39, 0.29) is 12.5 Å². The Morgan fingerprint density at radius 1 is 1.29 bits per heavy atom. The number of hydrogen-bond donors (Lipinski definition) is 1. The number of hydrogen-bond acceptors (Lipinski definition) is 3. The highest BCUT2D eigenvalue weighted by molar-refractivity contribution is 5.82. The molecule has 0 aromatic rings. The van der Waals surface area contributed by atoms with Crippen LogP contribution in [0.3, 0.4) is 0 Å². The van der Waals surface area contributed by atoms with Gasteiger partial charge in [-0.2, -0.15) is 0 Å². The number of nitrogens with zero attached hydrogens (tertiary/aromatic N) is 1. The summed E-state index contributed by atoms with van der Waals surface area (Å²) < 4.78 is 5.14. The van der Waals surface area contributed by atoms with Crippen molar-refractivity contribution >= 4 is 11.9 Å². The number of carboxylic acid groups (broad SMARTS) is 1. The number of aliphatic carboxylic acids is 1. The molecule has 0 saturated carbocycles. The van der Waals surface area contributed by atoms with Gasteiger partial charge in [0.15, 0.2) is 0 Å². The molecule has 17 heavy (non-hydrogen) atoms. The van der Waals surface area contributed by atoms with Crippen molar-refractivity contribution in [3.05, 3.63) is 0 Å². The lowest BCUT2D eigenvalue weighted by Crippen LogP contribution is -2.48. The molecule has 0 aromatic carbocycles. The zero-order chi connectivity index (χ0) is 13.5. The summed E-state index contributed by atoms with van der Waals surface area (Å²) in [6.07, 6.45) is 0.948. The Morgan fingerprint density at radius 2 is 1.88 bits per heavy atom. The minimum Gasteiger partial charge on any atom is -0.480 e. The predicted octanol–water partition coefficient (Wildman–Crippen LogP) is 1.51. The van der Waals surface area contributed by atoms with Crippen molar-refractivity contribution in [1.29, 1.82) is 0 Å². The summed E-state index contributed by atoms with van der Waals surface area (Å²) >= 11 is 0. The lowest BCUT2D eigenvalue weighted by atomic mass is 10.0. The van der Waals surface area contributed by atoms with Gasteiger partial charge in [-0.05, 0) is 34.1 Å². The van der Waals surface area contributed by atoms with Crippen LogP contribution >= 0.6 is 0 Å². The third-order valence-corrected chi connectivity index (χ3v) is 2.29. The van der Waals surface area contributed by atoms with Crippen LogP contribution in [-0.4, -0.2) is 47.2 Å². The van der Waals surface area contributed by atoms with E-state index in [1.54, 1.807) is 0 Å². The molecule has 0 aliphatic rings. The van der Waals surface area contributed by atoms with Gasteiger partial charge in [0.05, 0.1) is 0 Å².